The molecule has 1 N–H and O–H groups in total. The fourth-order valence-corrected chi connectivity index (χ4v) is 2.85. The van der Waals surface area contributed by atoms with Crippen LogP contribution in [0.5, 0.6) is 5.75 Å². The molecule has 2 aromatic carbocycles. The molecule has 1 aliphatic rings. The molecule has 1 saturated heterocycles. The highest BCUT2D eigenvalue weighted by Gasteiger charge is 2.18. The van der Waals surface area contributed by atoms with Gasteiger partial charge in [-0.3, -0.25) is 9.59 Å². The van der Waals surface area contributed by atoms with Gasteiger partial charge in [-0.05, 0) is 61.9 Å². The summed E-state index contributed by atoms with van der Waals surface area (Å²) in [4.78, 5) is 26.7. The molecule has 3 rings (SSSR count). The van der Waals surface area contributed by atoms with Crippen molar-refractivity contribution in [1.29, 1.82) is 0 Å². The number of carbonyl (C=O) groups is 2. The van der Waals surface area contributed by atoms with E-state index in [1.807, 2.05) is 6.92 Å². The average Bonchev–Trinajstić information content (AvgIpc) is 2.74. The van der Waals surface area contributed by atoms with Crippen molar-refractivity contribution in [2.24, 2.45) is 0 Å². The second-order valence-corrected chi connectivity index (χ2v) is 6.80. The lowest BCUT2D eigenvalue weighted by atomic mass is 10.1. The van der Waals surface area contributed by atoms with E-state index in [1.165, 1.54) is 0 Å². The quantitative estimate of drug-likeness (QED) is 0.829. The van der Waals surface area contributed by atoms with Crippen molar-refractivity contribution >= 4 is 17.5 Å². The SMILES string of the molecule is CCC(C)Oc1ccc(C(=O)Nc2ccc(C(=O)N3CCOCC3)cc2)cc1. The van der Waals surface area contributed by atoms with E-state index >= 15 is 0 Å². The molecule has 1 aliphatic heterocycles. The van der Waals surface area contributed by atoms with E-state index < -0.39 is 0 Å². The van der Waals surface area contributed by atoms with E-state index in [-0.39, 0.29) is 17.9 Å². The first-order valence-electron chi connectivity index (χ1n) is 9.62. The van der Waals surface area contributed by atoms with Crippen molar-refractivity contribution in [3.05, 3.63) is 59.7 Å². The van der Waals surface area contributed by atoms with E-state index in [1.54, 1.807) is 53.4 Å². The molecule has 6 heteroatoms. The lowest BCUT2D eigenvalue weighted by Gasteiger charge is -2.26. The van der Waals surface area contributed by atoms with Crippen LogP contribution in [0.2, 0.25) is 0 Å². The van der Waals surface area contributed by atoms with E-state index in [4.69, 9.17) is 9.47 Å². The monoisotopic (exact) mass is 382 g/mol. The first-order chi connectivity index (χ1) is 13.6. The Morgan fingerprint density at radius 2 is 1.64 bits per heavy atom. The van der Waals surface area contributed by atoms with Crippen LogP contribution < -0.4 is 10.1 Å². The number of carbonyl (C=O) groups excluding carboxylic acids is 2. The van der Waals surface area contributed by atoms with Crippen molar-refractivity contribution in [2.75, 3.05) is 31.6 Å². The molecule has 6 nitrogen and oxygen atoms in total. The highest BCUT2D eigenvalue weighted by molar-refractivity contribution is 6.04. The molecule has 2 amide bonds. The summed E-state index contributed by atoms with van der Waals surface area (Å²) in [5.74, 6) is 0.525. The molecule has 0 aliphatic carbocycles. The smallest absolute Gasteiger partial charge is 0.255 e. The number of anilines is 1. The highest BCUT2D eigenvalue weighted by Crippen LogP contribution is 2.17. The van der Waals surface area contributed by atoms with Crippen molar-refractivity contribution in [1.82, 2.24) is 4.90 Å². The van der Waals surface area contributed by atoms with E-state index in [2.05, 4.69) is 12.2 Å². The molecule has 1 atom stereocenters. The molecular weight excluding hydrogens is 356 g/mol. The molecular formula is C22H26N2O4. The number of morpholine rings is 1. The molecule has 0 radical (unpaired) electrons. The zero-order valence-corrected chi connectivity index (χ0v) is 16.3. The number of amides is 2. The first kappa shape index (κ1) is 19.9. The molecule has 1 fully saturated rings. The van der Waals surface area contributed by atoms with Gasteiger partial charge in [0, 0.05) is 29.9 Å². The first-order valence-corrected chi connectivity index (χ1v) is 9.62. The summed E-state index contributed by atoms with van der Waals surface area (Å²) in [6.45, 7) is 6.42. The normalized spacial score (nSPS) is 15.0. The maximum atomic E-state index is 12.5. The molecule has 1 unspecified atom stereocenters. The van der Waals surface area contributed by atoms with Crippen molar-refractivity contribution in [2.45, 2.75) is 26.4 Å². The van der Waals surface area contributed by atoms with Crippen LogP contribution in [0.15, 0.2) is 48.5 Å². The summed E-state index contributed by atoms with van der Waals surface area (Å²) in [6, 6.07) is 14.0. The molecule has 0 bridgehead atoms. The zero-order chi connectivity index (χ0) is 19.9. The maximum Gasteiger partial charge on any atom is 0.255 e. The lowest BCUT2D eigenvalue weighted by molar-refractivity contribution is 0.0303. The minimum atomic E-state index is -0.206. The van der Waals surface area contributed by atoms with Crippen molar-refractivity contribution in [3.8, 4) is 5.75 Å². The Morgan fingerprint density at radius 3 is 2.25 bits per heavy atom. The Kier molecular flexibility index (Phi) is 6.66. The number of nitrogens with one attached hydrogen (secondary N) is 1. The number of ether oxygens (including phenoxy) is 2. The summed E-state index contributed by atoms with van der Waals surface area (Å²) in [5.41, 5.74) is 1.79. The van der Waals surface area contributed by atoms with Gasteiger partial charge in [-0.25, -0.2) is 0 Å². The summed E-state index contributed by atoms with van der Waals surface area (Å²) >= 11 is 0. The Morgan fingerprint density at radius 1 is 1.04 bits per heavy atom. The van der Waals surface area contributed by atoms with Crippen molar-refractivity contribution in [3.63, 3.8) is 0 Å². The van der Waals surface area contributed by atoms with Gasteiger partial charge in [0.15, 0.2) is 0 Å². The van der Waals surface area contributed by atoms with E-state index in [9.17, 15) is 9.59 Å². The molecule has 28 heavy (non-hydrogen) atoms. The van der Waals surface area contributed by atoms with Gasteiger partial charge < -0.3 is 19.7 Å². The summed E-state index contributed by atoms with van der Waals surface area (Å²) in [5, 5.41) is 2.85. The number of hydrogen-bond acceptors (Lipinski definition) is 4. The molecule has 0 aromatic heterocycles. The summed E-state index contributed by atoms with van der Waals surface area (Å²) < 4.78 is 11.0. The molecule has 0 spiro atoms. The number of nitrogens with zero attached hydrogens (tertiary/aromatic N) is 1. The molecule has 148 valence electrons. The van der Waals surface area contributed by atoms with Crippen LogP contribution >= 0.6 is 0 Å². The van der Waals surface area contributed by atoms with E-state index in [0.717, 1.165) is 12.2 Å². The largest absolute Gasteiger partial charge is 0.491 e. The van der Waals surface area contributed by atoms with Crippen LogP contribution in [0, 0.1) is 0 Å². The zero-order valence-electron chi connectivity index (χ0n) is 16.3. The predicted octanol–water partition coefficient (Wildman–Crippen LogP) is 3.59. The lowest BCUT2D eigenvalue weighted by Crippen LogP contribution is -2.40. The Balaban J connectivity index is 1.58. The fraction of sp³-hybridized carbons (Fsp3) is 0.364. The second kappa shape index (κ2) is 9.37. The molecule has 0 saturated carbocycles. The van der Waals surface area contributed by atoms with Gasteiger partial charge >= 0.3 is 0 Å². The predicted molar refractivity (Wildman–Crippen MR) is 108 cm³/mol. The number of hydrogen-bond donors (Lipinski definition) is 1. The van der Waals surface area contributed by atoms with Gasteiger partial charge in [0.25, 0.3) is 11.8 Å². The van der Waals surface area contributed by atoms with Gasteiger partial charge in [0.2, 0.25) is 0 Å². The van der Waals surface area contributed by atoms with Crippen LogP contribution in [0.25, 0.3) is 0 Å². The van der Waals surface area contributed by atoms with Crippen LogP contribution in [0.3, 0.4) is 0 Å². The highest BCUT2D eigenvalue weighted by atomic mass is 16.5. The van der Waals surface area contributed by atoms with Crippen LogP contribution in [-0.2, 0) is 4.74 Å². The molecule has 2 aromatic rings. The second-order valence-electron chi connectivity index (χ2n) is 6.80. The standard InChI is InChI=1S/C22H26N2O4/c1-3-16(2)28-20-10-6-17(7-11-20)21(25)23-19-8-4-18(5-9-19)22(26)24-12-14-27-15-13-24/h4-11,16H,3,12-15H2,1-2H3,(H,23,25). The van der Waals surface area contributed by atoms with Gasteiger partial charge in [-0.2, -0.15) is 0 Å². The minimum absolute atomic E-state index is 0.0157. The van der Waals surface area contributed by atoms with Crippen molar-refractivity contribution < 1.29 is 19.1 Å². The number of benzene rings is 2. The van der Waals surface area contributed by atoms with Gasteiger partial charge in [-0.1, -0.05) is 6.92 Å². The number of rotatable bonds is 6. The van der Waals surface area contributed by atoms with Crippen LogP contribution in [-0.4, -0.2) is 49.1 Å². The van der Waals surface area contributed by atoms with Gasteiger partial charge in [-0.15, -0.1) is 0 Å². The van der Waals surface area contributed by atoms with Gasteiger partial charge in [0.05, 0.1) is 19.3 Å². The van der Waals surface area contributed by atoms with E-state index in [0.29, 0.717) is 43.1 Å². The fourth-order valence-electron chi connectivity index (χ4n) is 2.85. The molecule has 1 heterocycles. The maximum absolute atomic E-state index is 12.5. The minimum Gasteiger partial charge on any atom is -0.491 e. The average molecular weight is 382 g/mol. The van der Waals surface area contributed by atoms with Crippen LogP contribution in [0.1, 0.15) is 41.0 Å². The third kappa shape index (κ3) is 5.10. The van der Waals surface area contributed by atoms with Crippen LogP contribution in [0.4, 0.5) is 5.69 Å². The third-order valence-corrected chi connectivity index (χ3v) is 4.72. The summed E-state index contributed by atoms with van der Waals surface area (Å²) in [6.07, 6.45) is 1.06. The Bertz CT molecular complexity index is 796. The van der Waals surface area contributed by atoms with Gasteiger partial charge in [0.1, 0.15) is 5.75 Å². The Hall–Kier alpha value is -2.86. The Labute approximate surface area is 165 Å². The topological polar surface area (TPSA) is 67.9 Å². The summed E-state index contributed by atoms with van der Waals surface area (Å²) in [7, 11) is 0. The third-order valence-electron chi connectivity index (χ3n) is 4.72.